The maximum atomic E-state index is 9.49. The molecule has 1 unspecified atom stereocenters. The van der Waals surface area contributed by atoms with E-state index in [0.717, 1.165) is 11.6 Å². The first-order valence-electron chi connectivity index (χ1n) is 4.34. The molecule has 2 N–H and O–H groups in total. The molecule has 13 heavy (non-hydrogen) atoms. The summed E-state index contributed by atoms with van der Waals surface area (Å²) in [5.74, 6) is 1.59. The van der Waals surface area contributed by atoms with Crippen LogP contribution >= 0.6 is 0 Å². The van der Waals surface area contributed by atoms with Crippen molar-refractivity contribution in [2.24, 2.45) is 0 Å². The number of aliphatic hydroxyl groups excluding tert-OH is 1. The molecule has 5 heteroatoms. The van der Waals surface area contributed by atoms with Crippen molar-refractivity contribution in [1.82, 2.24) is 20.1 Å². The van der Waals surface area contributed by atoms with Crippen molar-refractivity contribution in [3.05, 3.63) is 11.6 Å². The summed E-state index contributed by atoms with van der Waals surface area (Å²) in [6, 6.07) is 0. The van der Waals surface area contributed by atoms with Gasteiger partial charge in [-0.25, -0.2) is 9.67 Å². The summed E-state index contributed by atoms with van der Waals surface area (Å²) >= 11 is 0. The molecule has 74 valence electrons. The SMILES string of the molecule is CNCC(O)Cn1nc(C)nc1C. The number of hydrogen-bond donors (Lipinski definition) is 2. The minimum Gasteiger partial charge on any atom is -0.390 e. The van der Waals surface area contributed by atoms with Crippen LogP contribution in [0.5, 0.6) is 0 Å². The van der Waals surface area contributed by atoms with Crippen LogP contribution in [0.25, 0.3) is 0 Å². The fraction of sp³-hybridized carbons (Fsp3) is 0.750. The molecule has 1 atom stereocenters. The quantitative estimate of drug-likeness (QED) is 0.660. The Labute approximate surface area is 77.8 Å². The Morgan fingerprint density at radius 2 is 2.23 bits per heavy atom. The molecule has 1 heterocycles. The Morgan fingerprint density at radius 1 is 1.54 bits per heavy atom. The summed E-state index contributed by atoms with van der Waals surface area (Å²) in [5, 5.41) is 16.5. The maximum Gasteiger partial charge on any atom is 0.147 e. The zero-order valence-corrected chi connectivity index (χ0v) is 8.28. The lowest BCUT2D eigenvalue weighted by Crippen LogP contribution is -2.28. The van der Waals surface area contributed by atoms with Gasteiger partial charge in [-0.3, -0.25) is 0 Å². The second-order valence-corrected chi connectivity index (χ2v) is 3.10. The number of aliphatic hydroxyl groups is 1. The molecule has 1 aromatic rings. The summed E-state index contributed by atoms with van der Waals surface area (Å²) in [7, 11) is 1.81. The zero-order chi connectivity index (χ0) is 9.84. The van der Waals surface area contributed by atoms with Crippen molar-refractivity contribution in [2.45, 2.75) is 26.5 Å². The van der Waals surface area contributed by atoms with E-state index in [1.54, 1.807) is 4.68 Å². The lowest BCUT2D eigenvalue weighted by atomic mass is 10.3. The number of aromatic nitrogens is 3. The van der Waals surface area contributed by atoms with Gasteiger partial charge >= 0.3 is 0 Å². The van der Waals surface area contributed by atoms with Crippen LogP contribution in [0.1, 0.15) is 11.6 Å². The molecular weight excluding hydrogens is 168 g/mol. The predicted octanol–water partition coefficient (Wildman–Crippen LogP) is -0.525. The fourth-order valence-corrected chi connectivity index (χ4v) is 1.23. The molecule has 0 radical (unpaired) electrons. The third kappa shape index (κ3) is 2.78. The third-order valence-electron chi connectivity index (χ3n) is 1.79. The predicted molar refractivity (Wildman–Crippen MR) is 49.4 cm³/mol. The van der Waals surface area contributed by atoms with Crippen molar-refractivity contribution in [2.75, 3.05) is 13.6 Å². The molecule has 1 rings (SSSR count). The van der Waals surface area contributed by atoms with E-state index in [4.69, 9.17) is 0 Å². The Bertz CT molecular complexity index is 271. The second-order valence-electron chi connectivity index (χ2n) is 3.10. The molecule has 0 aromatic carbocycles. The molecule has 5 nitrogen and oxygen atoms in total. The highest BCUT2D eigenvalue weighted by molar-refractivity contribution is 4.87. The average molecular weight is 184 g/mol. The smallest absolute Gasteiger partial charge is 0.147 e. The number of rotatable bonds is 4. The van der Waals surface area contributed by atoms with E-state index in [-0.39, 0.29) is 0 Å². The van der Waals surface area contributed by atoms with E-state index in [9.17, 15) is 5.11 Å². The van der Waals surface area contributed by atoms with Gasteiger partial charge < -0.3 is 10.4 Å². The van der Waals surface area contributed by atoms with Gasteiger partial charge in [0.05, 0.1) is 12.6 Å². The number of nitrogens with one attached hydrogen (secondary N) is 1. The molecule has 0 aliphatic heterocycles. The van der Waals surface area contributed by atoms with E-state index >= 15 is 0 Å². The van der Waals surface area contributed by atoms with Gasteiger partial charge in [0.2, 0.25) is 0 Å². The zero-order valence-electron chi connectivity index (χ0n) is 8.28. The molecule has 0 spiro atoms. The number of hydrogen-bond acceptors (Lipinski definition) is 4. The van der Waals surface area contributed by atoms with Gasteiger partial charge in [-0.2, -0.15) is 5.10 Å². The second kappa shape index (κ2) is 4.34. The Balaban J connectivity index is 2.57. The van der Waals surface area contributed by atoms with Crippen molar-refractivity contribution < 1.29 is 5.11 Å². The van der Waals surface area contributed by atoms with Crippen LogP contribution in [-0.2, 0) is 6.54 Å². The van der Waals surface area contributed by atoms with E-state index in [2.05, 4.69) is 15.4 Å². The minimum atomic E-state index is -0.412. The van der Waals surface area contributed by atoms with Crippen molar-refractivity contribution in [3.63, 3.8) is 0 Å². The normalized spacial score (nSPS) is 13.2. The van der Waals surface area contributed by atoms with Gasteiger partial charge in [-0.15, -0.1) is 0 Å². The van der Waals surface area contributed by atoms with E-state index in [1.165, 1.54) is 0 Å². The molecule has 0 aliphatic carbocycles. The van der Waals surface area contributed by atoms with Gasteiger partial charge in [0, 0.05) is 6.54 Å². The Hall–Kier alpha value is -0.940. The molecule has 0 amide bonds. The van der Waals surface area contributed by atoms with Gasteiger partial charge in [0.1, 0.15) is 11.6 Å². The monoisotopic (exact) mass is 184 g/mol. The molecule has 1 aromatic heterocycles. The summed E-state index contributed by atoms with van der Waals surface area (Å²) in [4.78, 5) is 4.14. The standard InChI is InChI=1S/C8H16N4O/c1-6-10-7(2)12(11-6)5-8(13)4-9-3/h8-9,13H,4-5H2,1-3H3. The lowest BCUT2D eigenvalue weighted by molar-refractivity contribution is 0.148. The summed E-state index contributed by atoms with van der Waals surface area (Å²) in [5.41, 5.74) is 0. The topological polar surface area (TPSA) is 63.0 Å². The van der Waals surface area contributed by atoms with Crippen LogP contribution in [0.4, 0.5) is 0 Å². The van der Waals surface area contributed by atoms with E-state index in [1.807, 2.05) is 20.9 Å². The van der Waals surface area contributed by atoms with E-state index < -0.39 is 6.10 Å². The number of nitrogens with zero attached hydrogens (tertiary/aromatic N) is 3. The maximum absolute atomic E-state index is 9.49. The minimum absolute atomic E-state index is 0.412. The molecule has 0 aliphatic rings. The van der Waals surface area contributed by atoms with Crippen LogP contribution < -0.4 is 5.32 Å². The van der Waals surface area contributed by atoms with Crippen LogP contribution in [-0.4, -0.2) is 39.6 Å². The lowest BCUT2D eigenvalue weighted by Gasteiger charge is -2.09. The van der Waals surface area contributed by atoms with Crippen LogP contribution in [0, 0.1) is 13.8 Å². The highest BCUT2D eigenvalue weighted by atomic mass is 16.3. The summed E-state index contributed by atoms with van der Waals surface area (Å²) < 4.78 is 1.72. The molecule has 0 bridgehead atoms. The third-order valence-corrected chi connectivity index (χ3v) is 1.79. The number of aryl methyl sites for hydroxylation is 2. The van der Waals surface area contributed by atoms with Gasteiger partial charge in [-0.05, 0) is 20.9 Å². The Kier molecular flexibility index (Phi) is 3.39. The molecule has 0 saturated carbocycles. The molecular formula is C8H16N4O. The van der Waals surface area contributed by atoms with Crippen molar-refractivity contribution >= 4 is 0 Å². The van der Waals surface area contributed by atoms with Crippen LogP contribution in [0.15, 0.2) is 0 Å². The number of likely N-dealkylation sites (N-methyl/N-ethyl adjacent to an activating group) is 1. The van der Waals surface area contributed by atoms with E-state index in [0.29, 0.717) is 13.1 Å². The largest absolute Gasteiger partial charge is 0.390 e. The van der Waals surface area contributed by atoms with Gasteiger partial charge in [-0.1, -0.05) is 0 Å². The summed E-state index contributed by atoms with van der Waals surface area (Å²) in [6.45, 7) is 4.78. The van der Waals surface area contributed by atoms with Crippen molar-refractivity contribution in [1.29, 1.82) is 0 Å². The highest BCUT2D eigenvalue weighted by Gasteiger charge is 2.07. The van der Waals surface area contributed by atoms with Crippen LogP contribution in [0.3, 0.4) is 0 Å². The van der Waals surface area contributed by atoms with Crippen LogP contribution in [0.2, 0.25) is 0 Å². The van der Waals surface area contributed by atoms with Gasteiger partial charge in [0.15, 0.2) is 0 Å². The molecule has 0 saturated heterocycles. The first-order valence-corrected chi connectivity index (χ1v) is 4.34. The Morgan fingerprint density at radius 3 is 2.69 bits per heavy atom. The van der Waals surface area contributed by atoms with Crippen molar-refractivity contribution in [3.8, 4) is 0 Å². The fourth-order valence-electron chi connectivity index (χ4n) is 1.23. The average Bonchev–Trinajstić information content (AvgIpc) is 2.30. The summed E-state index contributed by atoms with van der Waals surface area (Å²) in [6.07, 6.45) is -0.412. The highest BCUT2D eigenvalue weighted by Crippen LogP contribution is 1.97. The molecule has 0 fully saturated rings. The van der Waals surface area contributed by atoms with Gasteiger partial charge in [0.25, 0.3) is 0 Å². The first kappa shape index (κ1) is 10.1. The first-order chi connectivity index (χ1) is 6.13.